The van der Waals surface area contributed by atoms with Crippen molar-refractivity contribution < 1.29 is 9.66 Å². The molecule has 0 spiro atoms. The van der Waals surface area contributed by atoms with E-state index in [-0.39, 0.29) is 29.1 Å². The molecular weight excluding hydrogens is 254 g/mol. The topological polar surface area (TPSA) is 52.4 Å². The highest BCUT2D eigenvalue weighted by atomic mass is 16.6. The Kier molecular flexibility index (Phi) is 6.14. The number of hydrogen-bond acceptors (Lipinski definition) is 3. The molecule has 2 atom stereocenters. The molecule has 0 aromatic heterocycles. The molecule has 0 saturated heterocycles. The molecule has 0 N–H and O–H groups in total. The van der Waals surface area contributed by atoms with Crippen LogP contribution in [0.2, 0.25) is 0 Å². The molecule has 2 unspecified atom stereocenters. The summed E-state index contributed by atoms with van der Waals surface area (Å²) >= 11 is 0. The summed E-state index contributed by atoms with van der Waals surface area (Å²) in [6.45, 7) is 7.78. The van der Waals surface area contributed by atoms with Gasteiger partial charge < -0.3 is 4.74 Å². The molecule has 4 nitrogen and oxygen atoms in total. The fraction of sp³-hybridized carbons (Fsp3) is 0.625. The van der Waals surface area contributed by atoms with Gasteiger partial charge in [0.05, 0.1) is 6.10 Å². The van der Waals surface area contributed by atoms with Crippen LogP contribution < -0.4 is 0 Å². The number of hydrogen-bond donors (Lipinski definition) is 0. The van der Waals surface area contributed by atoms with Crippen LogP contribution in [0.5, 0.6) is 0 Å². The van der Waals surface area contributed by atoms with Crippen molar-refractivity contribution in [3.63, 3.8) is 0 Å². The Morgan fingerprint density at radius 1 is 1.25 bits per heavy atom. The van der Waals surface area contributed by atoms with E-state index in [4.69, 9.17) is 4.74 Å². The van der Waals surface area contributed by atoms with Crippen molar-refractivity contribution in [2.45, 2.75) is 52.7 Å². The van der Waals surface area contributed by atoms with Crippen LogP contribution in [0, 0.1) is 15.5 Å². The van der Waals surface area contributed by atoms with Crippen LogP contribution in [0.15, 0.2) is 30.3 Å². The lowest BCUT2D eigenvalue weighted by atomic mass is 9.89. The maximum absolute atomic E-state index is 10.7. The summed E-state index contributed by atoms with van der Waals surface area (Å²) in [4.78, 5) is 10.5. The lowest BCUT2D eigenvalue weighted by molar-refractivity contribution is -0.496. The monoisotopic (exact) mass is 279 g/mol. The van der Waals surface area contributed by atoms with Crippen LogP contribution in [-0.2, 0) is 11.2 Å². The first-order chi connectivity index (χ1) is 9.29. The van der Waals surface area contributed by atoms with Crippen molar-refractivity contribution in [2.75, 3.05) is 6.54 Å². The zero-order valence-corrected chi connectivity index (χ0v) is 12.8. The largest absolute Gasteiger partial charge is 0.368 e. The number of benzene rings is 1. The third kappa shape index (κ3) is 6.15. The van der Waals surface area contributed by atoms with Gasteiger partial charge in [-0.15, -0.1) is 0 Å². The van der Waals surface area contributed by atoms with Gasteiger partial charge in [0, 0.05) is 4.92 Å². The molecule has 20 heavy (non-hydrogen) atoms. The molecule has 0 fully saturated rings. The van der Waals surface area contributed by atoms with Gasteiger partial charge in [0.25, 0.3) is 0 Å². The summed E-state index contributed by atoms with van der Waals surface area (Å²) in [5.41, 5.74) is 1.04. The van der Waals surface area contributed by atoms with E-state index in [2.05, 4.69) is 12.1 Å². The lowest BCUT2D eigenvalue weighted by Crippen LogP contribution is -2.38. The Morgan fingerprint density at radius 3 is 2.35 bits per heavy atom. The van der Waals surface area contributed by atoms with E-state index >= 15 is 0 Å². The molecule has 0 bridgehead atoms. The molecule has 0 heterocycles. The highest BCUT2D eigenvalue weighted by Crippen LogP contribution is 2.24. The van der Waals surface area contributed by atoms with Crippen LogP contribution in [0.4, 0.5) is 0 Å². The highest BCUT2D eigenvalue weighted by Gasteiger charge is 2.31. The minimum absolute atomic E-state index is 0.0133. The van der Waals surface area contributed by atoms with Crippen molar-refractivity contribution in [1.29, 1.82) is 0 Å². The zero-order valence-electron chi connectivity index (χ0n) is 12.8. The van der Waals surface area contributed by atoms with Gasteiger partial charge in [-0.1, -0.05) is 51.1 Å². The number of aryl methyl sites for hydroxylation is 1. The quantitative estimate of drug-likeness (QED) is 0.564. The van der Waals surface area contributed by atoms with Crippen LogP contribution in [0.25, 0.3) is 0 Å². The van der Waals surface area contributed by atoms with E-state index in [0.717, 1.165) is 12.8 Å². The van der Waals surface area contributed by atoms with Crippen LogP contribution >= 0.6 is 0 Å². The average molecular weight is 279 g/mol. The first kappa shape index (κ1) is 16.6. The van der Waals surface area contributed by atoms with Crippen molar-refractivity contribution in [3.05, 3.63) is 46.0 Å². The van der Waals surface area contributed by atoms with Crippen LogP contribution in [-0.4, -0.2) is 23.7 Å². The van der Waals surface area contributed by atoms with Crippen molar-refractivity contribution in [1.82, 2.24) is 0 Å². The molecular formula is C16H25NO3. The second kappa shape index (κ2) is 7.39. The third-order valence-corrected chi connectivity index (χ3v) is 3.36. The molecule has 0 aliphatic rings. The van der Waals surface area contributed by atoms with E-state index in [1.54, 1.807) is 0 Å². The van der Waals surface area contributed by atoms with Gasteiger partial charge in [0.1, 0.15) is 6.10 Å². The Hall–Kier alpha value is -1.42. The van der Waals surface area contributed by atoms with E-state index in [0.29, 0.717) is 0 Å². The SMILES string of the molecule is CC(CCc1ccccc1)OC(C[N+](=O)[O-])C(C)(C)C. The van der Waals surface area contributed by atoms with Crippen molar-refractivity contribution in [2.24, 2.45) is 5.41 Å². The summed E-state index contributed by atoms with van der Waals surface area (Å²) in [5, 5.41) is 10.7. The zero-order chi connectivity index (χ0) is 15.2. The second-order valence-corrected chi connectivity index (χ2v) is 6.34. The van der Waals surface area contributed by atoms with Gasteiger partial charge in [-0.25, -0.2) is 0 Å². The van der Waals surface area contributed by atoms with Gasteiger partial charge in [0.15, 0.2) is 0 Å². The molecule has 112 valence electrons. The minimum atomic E-state index is -0.358. The Labute approximate surface area is 121 Å². The Morgan fingerprint density at radius 2 is 1.85 bits per heavy atom. The van der Waals surface area contributed by atoms with E-state index < -0.39 is 0 Å². The van der Waals surface area contributed by atoms with Crippen molar-refractivity contribution in [3.8, 4) is 0 Å². The number of nitrogens with zero attached hydrogens (tertiary/aromatic N) is 1. The summed E-state index contributed by atoms with van der Waals surface area (Å²) < 4.78 is 5.91. The number of ether oxygens (including phenoxy) is 1. The maximum Gasteiger partial charge on any atom is 0.230 e. The highest BCUT2D eigenvalue weighted by molar-refractivity contribution is 5.14. The molecule has 0 amide bonds. The van der Waals surface area contributed by atoms with Gasteiger partial charge in [-0.2, -0.15) is 0 Å². The third-order valence-electron chi connectivity index (χ3n) is 3.36. The smallest absolute Gasteiger partial charge is 0.230 e. The Balaban J connectivity index is 2.49. The fourth-order valence-corrected chi connectivity index (χ4v) is 2.02. The maximum atomic E-state index is 10.7. The normalized spacial score (nSPS) is 14.8. The second-order valence-electron chi connectivity index (χ2n) is 6.34. The molecule has 1 rings (SSSR count). The molecule has 4 heteroatoms. The molecule has 1 aromatic rings. The predicted octanol–water partition coefficient (Wildman–Crippen LogP) is 3.72. The lowest BCUT2D eigenvalue weighted by Gasteiger charge is -2.30. The van der Waals surface area contributed by atoms with E-state index in [1.807, 2.05) is 45.9 Å². The molecule has 0 aliphatic heterocycles. The van der Waals surface area contributed by atoms with Gasteiger partial charge in [-0.05, 0) is 30.7 Å². The fourth-order valence-electron chi connectivity index (χ4n) is 2.02. The standard InChI is InChI=1S/C16H25NO3/c1-13(10-11-14-8-6-5-7-9-14)20-15(12-17(18)19)16(2,3)4/h5-9,13,15H,10-12H2,1-4H3. The molecule has 0 aliphatic carbocycles. The number of nitro groups is 1. The van der Waals surface area contributed by atoms with Gasteiger partial charge in [-0.3, -0.25) is 10.1 Å². The first-order valence-corrected chi connectivity index (χ1v) is 7.10. The molecule has 0 radical (unpaired) electrons. The van der Waals surface area contributed by atoms with Crippen LogP contribution in [0.1, 0.15) is 39.7 Å². The summed E-state index contributed by atoms with van der Waals surface area (Å²) in [7, 11) is 0. The predicted molar refractivity (Wildman–Crippen MR) is 80.4 cm³/mol. The Bertz CT molecular complexity index is 411. The van der Waals surface area contributed by atoms with Gasteiger partial charge in [0.2, 0.25) is 6.54 Å². The van der Waals surface area contributed by atoms with Crippen molar-refractivity contribution >= 4 is 0 Å². The summed E-state index contributed by atoms with van der Waals surface area (Å²) in [6.07, 6.45) is 1.45. The first-order valence-electron chi connectivity index (χ1n) is 7.10. The van der Waals surface area contributed by atoms with Crippen LogP contribution in [0.3, 0.4) is 0 Å². The molecule has 0 saturated carbocycles. The number of rotatable bonds is 7. The summed E-state index contributed by atoms with van der Waals surface area (Å²) in [6, 6.07) is 10.2. The van der Waals surface area contributed by atoms with Gasteiger partial charge >= 0.3 is 0 Å². The average Bonchev–Trinajstić information content (AvgIpc) is 2.35. The van der Waals surface area contributed by atoms with E-state index in [1.165, 1.54) is 5.56 Å². The molecule has 1 aromatic carbocycles. The minimum Gasteiger partial charge on any atom is -0.368 e. The summed E-state index contributed by atoms with van der Waals surface area (Å²) in [5.74, 6) is 0. The van der Waals surface area contributed by atoms with E-state index in [9.17, 15) is 10.1 Å².